The molecule has 4 nitrogen and oxygen atoms in total. The highest BCUT2D eigenvalue weighted by molar-refractivity contribution is 7.99. The Kier molecular flexibility index (Phi) is 4.17. The predicted molar refractivity (Wildman–Crippen MR) is 66.9 cm³/mol. The molecule has 0 saturated carbocycles. The van der Waals surface area contributed by atoms with E-state index in [2.05, 4.69) is 10.2 Å². The second-order valence-electron chi connectivity index (χ2n) is 3.66. The van der Waals surface area contributed by atoms with Crippen LogP contribution in [-0.4, -0.2) is 27.7 Å². The second kappa shape index (κ2) is 5.84. The van der Waals surface area contributed by atoms with E-state index in [9.17, 15) is 0 Å². The Balaban J connectivity index is 2.04. The van der Waals surface area contributed by atoms with E-state index in [-0.39, 0.29) is 6.61 Å². The maximum atomic E-state index is 8.67. The summed E-state index contributed by atoms with van der Waals surface area (Å²) < 4.78 is 5.52. The number of hydrogen-bond donors (Lipinski definition) is 1. The number of aryl methyl sites for hydroxylation is 1. The smallest absolute Gasteiger partial charge is 0.276 e. The molecule has 0 saturated heterocycles. The van der Waals surface area contributed by atoms with Crippen molar-refractivity contribution in [1.82, 2.24) is 10.2 Å². The number of aliphatic hydroxyl groups is 1. The van der Waals surface area contributed by atoms with Crippen molar-refractivity contribution >= 4 is 11.8 Å². The molecule has 0 unspecified atom stereocenters. The number of aliphatic hydroxyl groups excluding tert-OH is 1. The van der Waals surface area contributed by atoms with Crippen LogP contribution in [0.1, 0.15) is 12.0 Å². The Morgan fingerprint density at radius 1 is 1.24 bits per heavy atom. The lowest BCUT2D eigenvalue weighted by Crippen LogP contribution is -1.85. The van der Waals surface area contributed by atoms with Crippen LogP contribution in [0.15, 0.2) is 33.9 Å². The molecule has 0 aliphatic rings. The number of benzene rings is 1. The van der Waals surface area contributed by atoms with Crippen LogP contribution in [-0.2, 0) is 0 Å². The molecule has 1 N–H and O–H groups in total. The third-order valence-electron chi connectivity index (χ3n) is 2.23. The Labute approximate surface area is 104 Å². The van der Waals surface area contributed by atoms with E-state index in [1.165, 1.54) is 17.3 Å². The third kappa shape index (κ3) is 3.31. The summed E-state index contributed by atoms with van der Waals surface area (Å²) in [5.41, 5.74) is 2.13. The molecule has 1 heterocycles. The van der Waals surface area contributed by atoms with E-state index in [1.54, 1.807) is 0 Å². The van der Waals surface area contributed by atoms with Gasteiger partial charge in [-0.25, -0.2) is 0 Å². The van der Waals surface area contributed by atoms with Crippen LogP contribution in [0.3, 0.4) is 0 Å². The number of hydrogen-bond acceptors (Lipinski definition) is 5. The zero-order chi connectivity index (χ0) is 12.1. The highest BCUT2D eigenvalue weighted by Crippen LogP contribution is 2.23. The summed E-state index contributed by atoms with van der Waals surface area (Å²) in [6.07, 6.45) is 0.729. The van der Waals surface area contributed by atoms with E-state index in [1.807, 2.05) is 31.2 Å². The largest absolute Gasteiger partial charge is 0.411 e. The van der Waals surface area contributed by atoms with Gasteiger partial charge in [0.15, 0.2) is 0 Å². The van der Waals surface area contributed by atoms with Gasteiger partial charge in [0.1, 0.15) is 0 Å². The SMILES string of the molecule is Cc1ccc(-c2nnc(SCCCO)o2)cc1. The van der Waals surface area contributed by atoms with Gasteiger partial charge < -0.3 is 9.52 Å². The summed E-state index contributed by atoms with van der Waals surface area (Å²) in [5.74, 6) is 1.32. The minimum Gasteiger partial charge on any atom is -0.411 e. The fraction of sp³-hybridized carbons (Fsp3) is 0.333. The van der Waals surface area contributed by atoms with Gasteiger partial charge in [0.2, 0.25) is 5.89 Å². The van der Waals surface area contributed by atoms with Crippen LogP contribution in [0, 0.1) is 6.92 Å². The molecule has 5 heteroatoms. The van der Waals surface area contributed by atoms with Gasteiger partial charge in [-0.05, 0) is 25.5 Å². The molecule has 2 aromatic rings. The Bertz CT molecular complexity index is 468. The maximum absolute atomic E-state index is 8.67. The first kappa shape index (κ1) is 12.1. The van der Waals surface area contributed by atoms with Gasteiger partial charge in [0.05, 0.1) is 0 Å². The summed E-state index contributed by atoms with van der Waals surface area (Å²) in [7, 11) is 0. The maximum Gasteiger partial charge on any atom is 0.276 e. The van der Waals surface area contributed by atoms with E-state index in [4.69, 9.17) is 9.52 Å². The molecule has 0 bridgehead atoms. The van der Waals surface area contributed by atoms with Crippen molar-refractivity contribution in [2.75, 3.05) is 12.4 Å². The summed E-state index contributed by atoms with van der Waals surface area (Å²) in [6.45, 7) is 2.22. The van der Waals surface area contributed by atoms with Crippen LogP contribution >= 0.6 is 11.8 Å². The van der Waals surface area contributed by atoms with Crippen LogP contribution in [0.25, 0.3) is 11.5 Å². The fourth-order valence-corrected chi connectivity index (χ4v) is 1.99. The quantitative estimate of drug-likeness (QED) is 0.652. The third-order valence-corrected chi connectivity index (χ3v) is 3.14. The van der Waals surface area contributed by atoms with Crippen molar-refractivity contribution in [2.24, 2.45) is 0 Å². The zero-order valence-corrected chi connectivity index (χ0v) is 10.4. The number of thioether (sulfide) groups is 1. The molecule has 0 atom stereocenters. The van der Waals surface area contributed by atoms with E-state index < -0.39 is 0 Å². The molecular formula is C12H14N2O2S. The van der Waals surface area contributed by atoms with Gasteiger partial charge in [0, 0.05) is 17.9 Å². The molecule has 0 amide bonds. The first-order valence-electron chi connectivity index (χ1n) is 5.44. The van der Waals surface area contributed by atoms with Crippen molar-refractivity contribution in [3.05, 3.63) is 29.8 Å². The summed E-state index contributed by atoms with van der Waals surface area (Å²) in [4.78, 5) is 0. The van der Waals surface area contributed by atoms with E-state index in [0.29, 0.717) is 11.1 Å². The average molecular weight is 250 g/mol. The molecule has 2 rings (SSSR count). The summed E-state index contributed by atoms with van der Waals surface area (Å²) in [5, 5.41) is 17.2. The van der Waals surface area contributed by atoms with Crippen LogP contribution in [0.2, 0.25) is 0 Å². The molecule has 0 fully saturated rings. The van der Waals surface area contributed by atoms with Gasteiger partial charge in [0.25, 0.3) is 5.22 Å². The standard InChI is InChI=1S/C12H14N2O2S/c1-9-3-5-10(6-4-9)11-13-14-12(16-11)17-8-2-7-15/h3-6,15H,2,7-8H2,1H3. The van der Waals surface area contributed by atoms with Crippen molar-refractivity contribution in [2.45, 2.75) is 18.6 Å². The van der Waals surface area contributed by atoms with Gasteiger partial charge in [-0.3, -0.25) is 0 Å². The molecule has 17 heavy (non-hydrogen) atoms. The highest BCUT2D eigenvalue weighted by Gasteiger charge is 2.08. The normalized spacial score (nSPS) is 10.7. The van der Waals surface area contributed by atoms with Crippen molar-refractivity contribution in [3.8, 4) is 11.5 Å². The molecule has 0 aliphatic heterocycles. The lowest BCUT2D eigenvalue weighted by Gasteiger charge is -1.95. The number of nitrogens with zero attached hydrogens (tertiary/aromatic N) is 2. The van der Waals surface area contributed by atoms with Gasteiger partial charge in [-0.2, -0.15) is 0 Å². The lowest BCUT2D eigenvalue weighted by atomic mass is 10.1. The first-order chi connectivity index (χ1) is 8.29. The molecule has 1 aromatic carbocycles. The Hall–Kier alpha value is -1.33. The minimum atomic E-state index is 0.186. The first-order valence-corrected chi connectivity index (χ1v) is 6.42. The molecule has 90 valence electrons. The van der Waals surface area contributed by atoms with Crippen molar-refractivity contribution in [1.29, 1.82) is 0 Å². The van der Waals surface area contributed by atoms with E-state index >= 15 is 0 Å². The topological polar surface area (TPSA) is 59.2 Å². The zero-order valence-electron chi connectivity index (χ0n) is 9.59. The van der Waals surface area contributed by atoms with Gasteiger partial charge >= 0.3 is 0 Å². The predicted octanol–water partition coefficient (Wildman–Crippen LogP) is 2.52. The summed E-state index contributed by atoms with van der Waals surface area (Å²) >= 11 is 1.46. The molecule has 1 aromatic heterocycles. The van der Waals surface area contributed by atoms with Crippen LogP contribution in [0.5, 0.6) is 0 Å². The molecular weight excluding hydrogens is 236 g/mol. The highest BCUT2D eigenvalue weighted by atomic mass is 32.2. The molecule has 0 aliphatic carbocycles. The lowest BCUT2D eigenvalue weighted by molar-refractivity contribution is 0.296. The van der Waals surface area contributed by atoms with Gasteiger partial charge in [-0.1, -0.05) is 29.5 Å². The van der Waals surface area contributed by atoms with Crippen LogP contribution < -0.4 is 0 Å². The van der Waals surface area contributed by atoms with E-state index in [0.717, 1.165) is 17.7 Å². The van der Waals surface area contributed by atoms with Crippen molar-refractivity contribution < 1.29 is 9.52 Å². The minimum absolute atomic E-state index is 0.186. The molecule has 0 radical (unpaired) electrons. The van der Waals surface area contributed by atoms with Crippen LogP contribution in [0.4, 0.5) is 0 Å². The number of rotatable bonds is 5. The fourth-order valence-electron chi connectivity index (χ4n) is 1.30. The van der Waals surface area contributed by atoms with Crippen molar-refractivity contribution in [3.63, 3.8) is 0 Å². The summed E-state index contributed by atoms with van der Waals surface area (Å²) in [6, 6.07) is 7.95. The monoisotopic (exact) mass is 250 g/mol. The van der Waals surface area contributed by atoms with Gasteiger partial charge in [-0.15, -0.1) is 10.2 Å². The Morgan fingerprint density at radius 3 is 2.71 bits per heavy atom. The second-order valence-corrected chi connectivity index (χ2v) is 4.71. The number of aromatic nitrogens is 2. The molecule has 0 spiro atoms. The average Bonchev–Trinajstić information content (AvgIpc) is 2.79. The Morgan fingerprint density at radius 2 is 2.00 bits per heavy atom.